The zero-order valence-electron chi connectivity index (χ0n) is 14.7. The van der Waals surface area contributed by atoms with Gasteiger partial charge in [0.05, 0.1) is 21.7 Å². The Kier molecular flexibility index (Phi) is 5.72. The van der Waals surface area contributed by atoms with Crippen LogP contribution in [0.5, 0.6) is 0 Å². The fraction of sp³-hybridized carbons (Fsp3) is 0.611. The number of rotatable bonds is 4. The first-order valence-corrected chi connectivity index (χ1v) is 12.5. The first-order valence-electron chi connectivity index (χ1n) is 9.13. The largest absolute Gasteiger partial charge is 0.349 e. The summed E-state index contributed by atoms with van der Waals surface area (Å²) in [6.07, 6.45) is 6.74. The molecule has 1 amide bonds. The molecule has 1 saturated heterocycles. The quantitative estimate of drug-likeness (QED) is 0.782. The maximum atomic E-state index is 12.6. The lowest BCUT2D eigenvalue weighted by molar-refractivity contribution is 0.0933. The van der Waals surface area contributed by atoms with E-state index in [1.54, 1.807) is 0 Å². The van der Waals surface area contributed by atoms with Crippen molar-refractivity contribution >= 4 is 25.6 Å². The number of hydrogen-bond donors (Lipinski definition) is 1. The molecule has 1 aromatic carbocycles. The van der Waals surface area contributed by atoms with Gasteiger partial charge in [0.25, 0.3) is 5.91 Å². The summed E-state index contributed by atoms with van der Waals surface area (Å²) in [5, 5.41) is 2.14. The van der Waals surface area contributed by atoms with Gasteiger partial charge in [-0.05, 0) is 43.5 Å². The molecule has 2 fully saturated rings. The minimum atomic E-state index is -3.70. The molecule has 1 aliphatic carbocycles. The van der Waals surface area contributed by atoms with Crippen LogP contribution in [0.3, 0.4) is 0 Å². The standard InChI is InChI=1S/C18H25NO5S2/c20-18(19-15-5-3-1-2-4-6-15)14-7-9-16(10-8-14)26(23,24)17-11-12-25(21,22)13-17/h7-10,15,17H,1-6,11-13H2,(H,19,20). The molecule has 144 valence electrons. The zero-order valence-corrected chi connectivity index (χ0v) is 16.3. The van der Waals surface area contributed by atoms with Crippen LogP contribution in [0.4, 0.5) is 0 Å². The first kappa shape index (κ1) is 19.4. The van der Waals surface area contributed by atoms with Gasteiger partial charge in [-0.25, -0.2) is 16.8 Å². The fourth-order valence-electron chi connectivity index (χ4n) is 3.69. The van der Waals surface area contributed by atoms with Crippen molar-refractivity contribution in [3.63, 3.8) is 0 Å². The molecule has 0 aromatic heterocycles. The van der Waals surface area contributed by atoms with Crippen LogP contribution in [0.2, 0.25) is 0 Å². The molecule has 2 aliphatic rings. The van der Waals surface area contributed by atoms with Crippen molar-refractivity contribution in [2.24, 2.45) is 0 Å². The smallest absolute Gasteiger partial charge is 0.251 e. The highest BCUT2D eigenvalue weighted by molar-refractivity contribution is 7.96. The van der Waals surface area contributed by atoms with Crippen LogP contribution in [0.15, 0.2) is 29.2 Å². The number of carbonyl (C=O) groups is 1. The summed E-state index contributed by atoms with van der Waals surface area (Å²) < 4.78 is 48.3. The molecule has 6 nitrogen and oxygen atoms in total. The SMILES string of the molecule is O=C(NC1CCCCCC1)c1ccc(S(=O)(=O)C2CCS(=O)(=O)C2)cc1. The molecule has 1 aromatic rings. The van der Waals surface area contributed by atoms with Gasteiger partial charge in [-0.3, -0.25) is 4.79 Å². The van der Waals surface area contributed by atoms with Crippen LogP contribution in [0.1, 0.15) is 55.3 Å². The van der Waals surface area contributed by atoms with Gasteiger partial charge in [-0.2, -0.15) is 0 Å². The Morgan fingerprint density at radius 1 is 0.962 bits per heavy atom. The summed E-state index contributed by atoms with van der Waals surface area (Å²) in [6, 6.07) is 5.99. The molecule has 1 heterocycles. The van der Waals surface area contributed by atoms with Crippen LogP contribution in [-0.2, 0) is 19.7 Å². The molecule has 26 heavy (non-hydrogen) atoms. The van der Waals surface area contributed by atoms with Crippen molar-refractivity contribution in [1.82, 2.24) is 5.32 Å². The van der Waals surface area contributed by atoms with E-state index in [0.29, 0.717) is 5.56 Å². The normalized spacial score (nSPS) is 24.1. The average molecular weight is 400 g/mol. The lowest BCUT2D eigenvalue weighted by Gasteiger charge is -2.16. The molecule has 1 N–H and O–H groups in total. The summed E-state index contributed by atoms with van der Waals surface area (Å²) in [6.45, 7) is 0. The molecular formula is C18H25NO5S2. The highest BCUT2D eigenvalue weighted by Gasteiger charge is 2.38. The van der Waals surface area contributed by atoms with E-state index in [4.69, 9.17) is 0 Å². The highest BCUT2D eigenvalue weighted by atomic mass is 32.2. The van der Waals surface area contributed by atoms with Crippen molar-refractivity contribution in [1.29, 1.82) is 0 Å². The van der Waals surface area contributed by atoms with E-state index in [1.165, 1.54) is 37.1 Å². The lowest BCUT2D eigenvalue weighted by Crippen LogP contribution is -2.34. The second-order valence-electron chi connectivity index (χ2n) is 7.26. The van der Waals surface area contributed by atoms with Crippen LogP contribution in [-0.4, -0.2) is 45.5 Å². The Bertz CT molecular complexity index is 851. The third-order valence-electron chi connectivity index (χ3n) is 5.26. The number of benzene rings is 1. The summed E-state index contributed by atoms with van der Waals surface area (Å²) >= 11 is 0. The number of carbonyl (C=O) groups excluding carboxylic acids is 1. The Morgan fingerprint density at radius 2 is 1.58 bits per heavy atom. The molecule has 8 heteroatoms. The first-order chi connectivity index (χ1) is 12.3. The molecule has 0 radical (unpaired) electrons. The zero-order chi connectivity index (χ0) is 18.8. The molecular weight excluding hydrogens is 374 g/mol. The lowest BCUT2D eigenvalue weighted by atomic mass is 10.1. The second kappa shape index (κ2) is 7.68. The summed E-state index contributed by atoms with van der Waals surface area (Å²) in [5.41, 5.74) is 0.423. The van der Waals surface area contributed by atoms with Gasteiger partial charge in [0.1, 0.15) is 0 Å². The molecule has 3 rings (SSSR count). The van der Waals surface area contributed by atoms with Crippen LogP contribution >= 0.6 is 0 Å². The summed E-state index contributed by atoms with van der Waals surface area (Å²) in [7, 11) is -6.97. The fourth-order valence-corrected chi connectivity index (χ4v) is 8.05. The molecule has 0 spiro atoms. The van der Waals surface area contributed by atoms with Gasteiger partial charge in [-0.1, -0.05) is 25.7 Å². The van der Waals surface area contributed by atoms with Crippen molar-refractivity contribution in [3.05, 3.63) is 29.8 Å². The monoisotopic (exact) mass is 399 g/mol. The number of amides is 1. The van der Waals surface area contributed by atoms with Crippen LogP contribution in [0, 0.1) is 0 Å². The van der Waals surface area contributed by atoms with Crippen LogP contribution < -0.4 is 5.32 Å². The van der Waals surface area contributed by atoms with Crippen molar-refractivity contribution < 1.29 is 21.6 Å². The molecule has 1 unspecified atom stereocenters. The van der Waals surface area contributed by atoms with Crippen molar-refractivity contribution in [2.45, 2.75) is 61.1 Å². The number of hydrogen-bond acceptors (Lipinski definition) is 5. The number of sulfone groups is 2. The Hall–Kier alpha value is -1.41. The minimum absolute atomic E-state index is 0.0746. The van der Waals surface area contributed by atoms with Crippen molar-refractivity contribution in [2.75, 3.05) is 11.5 Å². The van der Waals surface area contributed by atoms with Gasteiger partial charge in [0, 0.05) is 11.6 Å². The number of nitrogens with one attached hydrogen (secondary N) is 1. The third-order valence-corrected chi connectivity index (χ3v) is 9.45. The van der Waals surface area contributed by atoms with E-state index in [2.05, 4.69) is 5.32 Å². The van der Waals surface area contributed by atoms with E-state index >= 15 is 0 Å². The van der Waals surface area contributed by atoms with Gasteiger partial charge < -0.3 is 5.32 Å². The Balaban J connectivity index is 1.68. The van der Waals surface area contributed by atoms with E-state index in [-0.39, 0.29) is 34.8 Å². The molecule has 1 saturated carbocycles. The molecule has 1 atom stereocenters. The van der Waals surface area contributed by atoms with Gasteiger partial charge in [0.2, 0.25) is 0 Å². The van der Waals surface area contributed by atoms with Gasteiger partial charge in [0.15, 0.2) is 19.7 Å². The van der Waals surface area contributed by atoms with E-state index in [1.807, 2.05) is 0 Å². The predicted molar refractivity (Wildman–Crippen MR) is 99.6 cm³/mol. The average Bonchev–Trinajstić information content (AvgIpc) is 2.81. The molecule has 1 aliphatic heterocycles. The maximum Gasteiger partial charge on any atom is 0.251 e. The summed E-state index contributed by atoms with van der Waals surface area (Å²) in [4.78, 5) is 12.5. The Labute approximate surface area is 155 Å². The third kappa shape index (κ3) is 4.46. The van der Waals surface area contributed by atoms with E-state index < -0.39 is 24.9 Å². The van der Waals surface area contributed by atoms with E-state index in [0.717, 1.165) is 25.7 Å². The second-order valence-corrected chi connectivity index (χ2v) is 11.7. The summed E-state index contributed by atoms with van der Waals surface area (Å²) in [5.74, 6) is -0.595. The van der Waals surface area contributed by atoms with E-state index in [9.17, 15) is 21.6 Å². The van der Waals surface area contributed by atoms with Gasteiger partial charge >= 0.3 is 0 Å². The minimum Gasteiger partial charge on any atom is -0.349 e. The topological polar surface area (TPSA) is 97.4 Å². The van der Waals surface area contributed by atoms with Gasteiger partial charge in [-0.15, -0.1) is 0 Å². The van der Waals surface area contributed by atoms with Crippen LogP contribution in [0.25, 0.3) is 0 Å². The van der Waals surface area contributed by atoms with Crippen molar-refractivity contribution in [3.8, 4) is 0 Å². The Morgan fingerprint density at radius 3 is 2.12 bits per heavy atom. The highest BCUT2D eigenvalue weighted by Crippen LogP contribution is 2.25. The maximum absolute atomic E-state index is 12.6. The molecule has 0 bridgehead atoms. The predicted octanol–water partition coefficient (Wildman–Crippen LogP) is 2.10.